The Labute approximate surface area is 198 Å². The number of aromatic nitrogens is 4. The fraction of sp³-hybridized carbons (Fsp3) is 0.308. The number of hydrogen-bond acceptors (Lipinski definition) is 6. The van der Waals surface area contributed by atoms with Gasteiger partial charge >= 0.3 is 0 Å². The van der Waals surface area contributed by atoms with E-state index in [4.69, 9.17) is 10.5 Å². The second-order valence-electron chi connectivity index (χ2n) is 8.89. The lowest BCUT2D eigenvalue weighted by molar-refractivity contribution is 0.0995. The quantitative estimate of drug-likeness (QED) is 0.553. The number of methoxy groups -OCH3 is 1. The van der Waals surface area contributed by atoms with E-state index >= 15 is 0 Å². The van der Waals surface area contributed by atoms with Crippen molar-refractivity contribution in [2.75, 3.05) is 18.6 Å². The van der Waals surface area contributed by atoms with Gasteiger partial charge in [0.05, 0.1) is 18.7 Å². The van der Waals surface area contributed by atoms with Gasteiger partial charge in [-0.15, -0.1) is 10.2 Å². The highest BCUT2D eigenvalue weighted by Crippen LogP contribution is 2.41. The summed E-state index contributed by atoms with van der Waals surface area (Å²) in [6, 6.07) is 12.4. The van der Waals surface area contributed by atoms with Crippen LogP contribution in [-0.2, 0) is 4.74 Å². The number of hydrogen-bond donors (Lipinski definition) is 1. The van der Waals surface area contributed by atoms with E-state index < -0.39 is 5.91 Å². The van der Waals surface area contributed by atoms with Crippen molar-refractivity contribution in [1.82, 2.24) is 19.7 Å². The number of ether oxygens (including phenoxy) is 1. The largest absolute Gasteiger partial charge is 0.383 e. The number of benzene rings is 1. The van der Waals surface area contributed by atoms with Gasteiger partial charge in [0.25, 0.3) is 5.91 Å². The Morgan fingerprint density at radius 3 is 2.85 bits per heavy atom. The number of rotatable bonds is 8. The summed E-state index contributed by atoms with van der Waals surface area (Å²) in [5, 5.41) is 8.54. The normalized spacial score (nSPS) is 18.6. The zero-order valence-corrected chi connectivity index (χ0v) is 19.3. The van der Waals surface area contributed by atoms with E-state index in [1.165, 1.54) is 12.8 Å². The molecule has 0 saturated heterocycles. The molecule has 8 nitrogen and oxygen atoms in total. The minimum atomic E-state index is -0.533. The number of carbonyl (C=O) groups is 1. The molecule has 2 N–H and O–H groups in total. The smallest absolute Gasteiger partial charge is 0.267 e. The van der Waals surface area contributed by atoms with Crippen LogP contribution in [0.3, 0.4) is 0 Å². The monoisotopic (exact) mass is 456 g/mol. The standard InChI is InChI=1S/C26H28N6O2/c1-17(15-34-2)32-16-29-30-26(32)20-4-3-5-22(12-20)31-14-21(8-9-24(31)18-6-7-18)19-10-11-28-23(13-19)25(27)33/h3-5,8-14,16-18,24H,6-7,15H2,1-2H3,(H2,27,33)/t17-,24?/m0/s1. The maximum atomic E-state index is 11.6. The summed E-state index contributed by atoms with van der Waals surface area (Å²) in [5.74, 6) is 0.905. The number of nitrogens with zero attached hydrogens (tertiary/aromatic N) is 5. The van der Waals surface area contributed by atoms with Crippen LogP contribution in [0.1, 0.15) is 41.9 Å². The molecule has 8 heteroatoms. The summed E-state index contributed by atoms with van der Waals surface area (Å²) in [6.45, 7) is 2.67. The Morgan fingerprint density at radius 1 is 1.24 bits per heavy atom. The van der Waals surface area contributed by atoms with Gasteiger partial charge in [0.2, 0.25) is 0 Å². The molecule has 2 aromatic heterocycles. The molecule has 2 aliphatic rings. The van der Waals surface area contributed by atoms with Crippen LogP contribution in [0.15, 0.2) is 67.3 Å². The van der Waals surface area contributed by atoms with E-state index in [1.807, 2.05) is 10.6 Å². The Balaban J connectivity index is 1.52. The first-order valence-corrected chi connectivity index (χ1v) is 11.5. The van der Waals surface area contributed by atoms with Gasteiger partial charge in [0.15, 0.2) is 5.82 Å². The average molecular weight is 457 g/mol. The summed E-state index contributed by atoms with van der Waals surface area (Å²) in [4.78, 5) is 18.0. The molecule has 1 fully saturated rings. The lowest BCUT2D eigenvalue weighted by Crippen LogP contribution is -2.33. The number of amides is 1. The van der Waals surface area contributed by atoms with Crippen molar-refractivity contribution < 1.29 is 9.53 Å². The predicted molar refractivity (Wildman–Crippen MR) is 131 cm³/mol. The third kappa shape index (κ3) is 4.36. The lowest BCUT2D eigenvalue weighted by atomic mass is 9.98. The van der Waals surface area contributed by atoms with Gasteiger partial charge in [-0.3, -0.25) is 9.78 Å². The molecule has 3 aromatic rings. The number of carbonyl (C=O) groups excluding carboxylic acids is 1. The number of pyridine rings is 1. The van der Waals surface area contributed by atoms with Crippen LogP contribution in [0.25, 0.3) is 17.0 Å². The van der Waals surface area contributed by atoms with E-state index in [-0.39, 0.29) is 17.8 Å². The molecule has 34 heavy (non-hydrogen) atoms. The third-order valence-corrected chi connectivity index (χ3v) is 6.38. The van der Waals surface area contributed by atoms with Gasteiger partial charge in [-0.25, -0.2) is 0 Å². The van der Waals surface area contributed by atoms with Crippen molar-refractivity contribution in [3.63, 3.8) is 0 Å². The van der Waals surface area contributed by atoms with Crippen molar-refractivity contribution in [2.45, 2.75) is 31.8 Å². The highest BCUT2D eigenvalue weighted by Gasteiger charge is 2.35. The molecule has 1 aliphatic heterocycles. The molecule has 0 bridgehead atoms. The Kier molecular flexibility index (Phi) is 5.98. The van der Waals surface area contributed by atoms with Crippen molar-refractivity contribution in [3.8, 4) is 11.4 Å². The number of allylic oxidation sites excluding steroid dienone is 2. The Bertz CT molecular complexity index is 1260. The summed E-state index contributed by atoms with van der Waals surface area (Å²) < 4.78 is 7.37. The number of nitrogens with two attached hydrogens (primary N) is 1. The molecular formula is C26H28N6O2. The van der Waals surface area contributed by atoms with E-state index in [0.717, 1.165) is 28.2 Å². The molecule has 1 unspecified atom stereocenters. The first-order chi connectivity index (χ1) is 16.5. The van der Waals surface area contributed by atoms with Gasteiger partial charge in [-0.1, -0.05) is 24.3 Å². The third-order valence-electron chi connectivity index (χ3n) is 6.38. The summed E-state index contributed by atoms with van der Waals surface area (Å²) in [6.07, 6.45) is 12.4. The first-order valence-electron chi connectivity index (χ1n) is 11.5. The molecule has 174 valence electrons. The molecule has 2 atom stereocenters. The highest BCUT2D eigenvalue weighted by molar-refractivity contribution is 5.92. The van der Waals surface area contributed by atoms with E-state index in [9.17, 15) is 4.79 Å². The summed E-state index contributed by atoms with van der Waals surface area (Å²) in [7, 11) is 1.70. The van der Waals surface area contributed by atoms with Gasteiger partial charge in [-0.05, 0) is 61.1 Å². The van der Waals surface area contributed by atoms with Crippen LogP contribution in [0.4, 0.5) is 5.69 Å². The van der Waals surface area contributed by atoms with E-state index in [2.05, 4.69) is 69.6 Å². The second kappa shape index (κ2) is 9.23. The van der Waals surface area contributed by atoms with Crippen molar-refractivity contribution in [1.29, 1.82) is 0 Å². The minimum Gasteiger partial charge on any atom is -0.383 e. The highest BCUT2D eigenvalue weighted by atomic mass is 16.5. The van der Waals surface area contributed by atoms with Crippen molar-refractivity contribution >= 4 is 17.2 Å². The van der Waals surface area contributed by atoms with Crippen LogP contribution >= 0.6 is 0 Å². The van der Waals surface area contributed by atoms with Crippen LogP contribution < -0.4 is 10.6 Å². The molecule has 1 aromatic carbocycles. The topological polar surface area (TPSA) is 99.2 Å². The van der Waals surface area contributed by atoms with Crippen LogP contribution in [-0.4, -0.2) is 45.4 Å². The molecule has 1 aliphatic carbocycles. The Morgan fingerprint density at radius 2 is 2.09 bits per heavy atom. The molecule has 1 amide bonds. The summed E-state index contributed by atoms with van der Waals surface area (Å²) in [5.41, 5.74) is 9.69. The zero-order valence-electron chi connectivity index (χ0n) is 19.3. The van der Waals surface area contributed by atoms with E-state index in [1.54, 1.807) is 25.7 Å². The minimum absolute atomic E-state index is 0.119. The Hall–Kier alpha value is -3.78. The average Bonchev–Trinajstić information content (AvgIpc) is 3.59. The number of primary amides is 1. The first kappa shape index (κ1) is 22.0. The van der Waals surface area contributed by atoms with Crippen molar-refractivity contribution in [3.05, 3.63) is 78.5 Å². The molecule has 5 rings (SSSR count). The fourth-order valence-electron chi connectivity index (χ4n) is 4.46. The SMILES string of the molecule is COC[C@H](C)n1cnnc1-c1cccc(N2C=C(c3ccnc(C(N)=O)c3)C=CC2C2CC2)c1. The molecule has 0 radical (unpaired) electrons. The molecule has 0 spiro atoms. The molecular weight excluding hydrogens is 428 g/mol. The van der Waals surface area contributed by atoms with Gasteiger partial charge < -0.3 is 19.9 Å². The van der Waals surface area contributed by atoms with Crippen LogP contribution in [0.2, 0.25) is 0 Å². The molecule has 1 saturated carbocycles. The zero-order chi connectivity index (χ0) is 23.7. The van der Waals surface area contributed by atoms with Crippen molar-refractivity contribution in [2.24, 2.45) is 11.7 Å². The maximum Gasteiger partial charge on any atom is 0.267 e. The van der Waals surface area contributed by atoms with E-state index in [0.29, 0.717) is 12.5 Å². The predicted octanol–water partition coefficient (Wildman–Crippen LogP) is 3.84. The van der Waals surface area contributed by atoms with Gasteiger partial charge in [0, 0.05) is 30.8 Å². The molecule has 3 heterocycles. The van der Waals surface area contributed by atoms with Crippen LogP contribution in [0.5, 0.6) is 0 Å². The lowest BCUT2D eigenvalue weighted by Gasteiger charge is -2.33. The fourth-order valence-corrected chi connectivity index (χ4v) is 4.46. The summed E-state index contributed by atoms with van der Waals surface area (Å²) >= 11 is 0. The van der Waals surface area contributed by atoms with Gasteiger partial charge in [0.1, 0.15) is 12.0 Å². The number of anilines is 1. The van der Waals surface area contributed by atoms with Crippen LogP contribution in [0, 0.1) is 5.92 Å². The van der Waals surface area contributed by atoms with Gasteiger partial charge in [-0.2, -0.15) is 0 Å². The maximum absolute atomic E-state index is 11.6. The second-order valence-corrected chi connectivity index (χ2v) is 8.89.